The Bertz CT molecular complexity index is 651. The van der Waals surface area contributed by atoms with E-state index in [-0.39, 0.29) is 0 Å². The van der Waals surface area contributed by atoms with Crippen molar-refractivity contribution < 1.29 is 0 Å². The maximum Gasteiger partial charge on any atom is 0.148 e. The molecule has 2 aromatic heterocycles. The summed E-state index contributed by atoms with van der Waals surface area (Å²) in [5.74, 6) is 8.47. The molecule has 3 rings (SSSR count). The van der Waals surface area contributed by atoms with E-state index in [4.69, 9.17) is 5.84 Å². The molecule has 0 radical (unpaired) electrons. The lowest BCUT2D eigenvalue weighted by Gasteiger charge is -2.14. The van der Waals surface area contributed by atoms with Crippen LogP contribution in [0.5, 0.6) is 0 Å². The highest BCUT2D eigenvalue weighted by Gasteiger charge is 2.28. The van der Waals surface area contributed by atoms with Crippen LogP contribution in [0.15, 0.2) is 18.5 Å². The van der Waals surface area contributed by atoms with Crippen LogP contribution in [0.2, 0.25) is 0 Å². The van der Waals surface area contributed by atoms with E-state index in [0.29, 0.717) is 18.3 Å². The van der Waals surface area contributed by atoms with Crippen LogP contribution in [0.25, 0.3) is 0 Å². The molecule has 1 fully saturated rings. The molecule has 0 aromatic carbocycles. The van der Waals surface area contributed by atoms with Gasteiger partial charge in [0.05, 0.1) is 0 Å². The molecule has 0 spiro atoms. The van der Waals surface area contributed by atoms with Crippen molar-refractivity contribution in [2.45, 2.75) is 39.2 Å². The topological polar surface area (TPSA) is 88.8 Å². The molecule has 0 saturated heterocycles. The molecule has 2 aromatic rings. The number of hydrogen-bond donors (Lipinski definition) is 3. The molecule has 1 saturated carbocycles. The van der Waals surface area contributed by atoms with Crippen LogP contribution in [-0.4, -0.2) is 15.0 Å². The SMILES string of the molecule is Cc1cnccc1CNc1nc(C2CC2)nc(NN)c1C. The van der Waals surface area contributed by atoms with Crippen LogP contribution in [0, 0.1) is 13.8 Å². The highest BCUT2D eigenvalue weighted by Crippen LogP contribution is 2.39. The maximum absolute atomic E-state index is 5.56. The van der Waals surface area contributed by atoms with Crippen molar-refractivity contribution in [2.24, 2.45) is 5.84 Å². The van der Waals surface area contributed by atoms with Crippen LogP contribution in [-0.2, 0) is 6.54 Å². The fourth-order valence-electron chi connectivity index (χ4n) is 2.25. The Kier molecular flexibility index (Phi) is 3.70. The first-order chi connectivity index (χ1) is 10.2. The Labute approximate surface area is 124 Å². The second kappa shape index (κ2) is 5.65. The lowest BCUT2D eigenvalue weighted by Crippen LogP contribution is -2.15. The van der Waals surface area contributed by atoms with Gasteiger partial charge in [0.15, 0.2) is 0 Å². The summed E-state index contributed by atoms with van der Waals surface area (Å²) in [4.78, 5) is 13.3. The number of rotatable bonds is 5. The van der Waals surface area contributed by atoms with Gasteiger partial charge in [-0.2, -0.15) is 0 Å². The molecular weight excluding hydrogens is 264 g/mol. The monoisotopic (exact) mass is 284 g/mol. The molecular formula is C15H20N6. The molecule has 6 nitrogen and oxygen atoms in total. The van der Waals surface area contributed by atoms with Gasteiger partial charge in [0.2, 0.25) is 0 Å². The van der Waals surface area contributed by atoms with Gasteiger partial charge in [-0.05, 0) is 43.9 Å². The predicted octanol–water partition coefficient (Wildman–Crippen LogP) is 2.26. The number of hydrazine groups is 1. The van der Waals surface area contributed by atoms with Gasteiger partial charge in [0.25, 0.3) is 0 Å². The normalized spacial score (nSPS) is 14.0. The van der Waals surface area contributed by atoms with Crippen molar-refractivity contribution >= 4 is 11.6 Å². The largest absolute Gasteiger partial charge is 0.366 e. The average Bonchev–Trinajstić information content (AvgIpc) is 3.32. The second-order valence-electron chi connectivity index (χ2n) is 5.48. The maximum atomic E-state index is 5.56. The summed E-state index contributed by atoms with van der Waals surface area (Å²) in [6.07, 6.45) is 6.00. The van der Waals surface area contributed by atoms with Gasteiger partial charge in [-0.25, -0.2) is 15.8 Å². The van der Waals surface area contributed by atoms with Crippen LogP contribution in [0.4, 0.5) is 11.6 Å². The first kappa shape index (κ1) is 13.8. The minimum Gasteiger partial charge on any atom is -0.366 e. The third kappa shape index (κ3) is 2.95. The molecule has 4 N–H and O–H groups in total. The Balaban J connectivity index is 1.84. The summed E-state index contributed by atoms with van der Waals surface area (Å²) in [5, 5.41) is 3.39. The van der Waals surface area contributed by atoms with Crippen molar-refractivity contribution in [3.05, 3.63) is 41.0 Å². The molecule has 0 unspecified atom stereocenters. The lowest BCUT2D eigenvalue weighted by atomic mass is 10.1. The van der Waals surface area contributed by atoms with Crippen molar-refractivity contribution in [1.82, 2.24) is 15.0 Å². The van der Waals surface area contributed by atoms with E-state index < -0.39 is 0 Å². The molecule has 0 aliphatic heterocycles. The van der Waals surface area contributed by atoms with Gasteiger partial charge >= 0.3 is 0 Å². The Morgan fingerprint density at radius 1 is 1.24 bits per heavy atom. The first-order valence-corrected chi connectivity index (χ1v) is 7.17. The lowest BCUT2D eigenvalue weighted by molar-refractivity contribution is 0.909. The van der Waals surface area contributed by atoms with Crippen molar-refractivity contribution in [3.63, 3.8) is 0 Å². The molecule has 0 amide bonds. The molecule has 2 heterocycles. The molecule has 110 valence electrons. The fourth-order valence-corrected chi connectivity index (χ4v) is 2.25. The fraction of sp³-hybridized carbons (Fsp3) is 0.400. The highest BCUT2D eigenvalue weighted by atomic mass is 15.3. The summed E-state index contributed by atoms with van der Waals surface area (Å²) in [6.45, 7) is 4.73. The van der Waals surface area contributed by atoms with Gasteiger partial charge in [0, 0.05) is 30.4 Å². The number of hydrogen-bond acceptors (Lipinski definition) is 6. The number of nitrogens with one attached hydrogen (secondary N) is 2. The minimum atomic E-state index is 0.487. The zero-order valence-electron chi connectivity index (χ0n) is 12.3. The van der Waals surface area contributed by atoms with Crippen molar-refractivity contribution in [3.8, 4) is 0 Å². The van der Waals surface area contributed by atoms with Gasteiger partial charge in [0.1, 0.15) is 17.5 Å². The third-order valence-electron chi connectivity index (χ3n) is 3.83. The first-order valence-electron chi connectivity index (χ1n) is 7.17. The zero-order valence-corrected chi connectivity index (χ0v) is 12.3. The number of aromatic nitrogens is 3. The third-order valence-corrected chi connectivity index (χ3v) is 3.83. The van der Waals surface area contributed by atoms with Gasteiger partial charge in [-0.1, -0.05) is 0 Å². The summed E-state index contributed by atoms with van der Waals surface area (Å²) in [5.41, 5.74) is 5.98. The summed E-state index contributed by atoms with van der Waals surface area (Å²) < 4.78 is 0. The minimum absolute atomic E-state index is 0.487. The van der Waals surface area contributed by atoms with E-state index in [1.165, 1.54) is 5.56 Å². The second-order valence-corrected chi connectivity index (χ2v) is 5.48. The molecule has 1 aliphatic rings. The smallest absolute Gasteiger partial charge is 0.148 e. The van der Waals surface area contributed by atoms with Crippen LogP contribution in [0.1, 0.15) is 41.3 Å². The number of pyridine rings is 1. The number of aryl methyl sites for hydroxylation is 1. The molecule has 0 atom stereocenters. The number of nitrogens with zero attached hydrogens (tertiary/aromatic N) is 3. The molecule has 6 heteroatoms. The van der Waals surface area contributed by atoms with E-state index >= 15 is 0 Å². The zero-order chi connectivity index (χ0) is 14.8. The quantitative estimate of drug-likeness (QED) is 0.576. The van der Waals surface area contributed by atoms with E-state index in [2.05, 4.69) is 32.6 Å². The summed E-state index contributed by atoms with van der Waals surface area (Å²) in [7, 11) is 0. The Morgan fingerprint density at radius 2 is 2.00 bits per heavy atom. The molecule has 21 heavy (non-hydrogen) atoms. The Hall–Kier alpha value is -2.21. The molecule has 0 bridgehead atoms. The van der Waals surface area contributed by atoms with Crippen LogP contribution in [0.3, 0.4) is 0 Å². The summed E-state index contributed by atoms with van der Waals surface area (Å²) in [6, 6.07) is 2.02. The van der Waals surface area contributed by atoms with E-state index in [0.717, 1.165) is 35.6 Å². The standard InChI is InChI=1S/C15H20N6/c1-9-7-17-6-5-12(9)8-18-13-10(2)14(21-16)20-15(19-13)11-3-4-11/h5-7,11H,3-4,8,16H2,1-2H3,(H2,18,19,20,21). The van der Waals surface area contributed by atoms with Crippen molar-refractivity contribution in [2.75, 3.05) is 10.7 Å². The van der Waals surface area contributed by atoms with E-state index in [1.54, 1.807) is 6.20 Å². The van der Waals surface area contributed by atoms with Gasteiger partial charge in [-0.15, -0.1) is 0 Å². The van der Waals surface area contributed by atoms with Crippen LogP contribution < -0.4 is 16.6 Å². The number of anilines is 2. The molecule has 1 aliphatic carbocycles. The summed E-state index contributed by atoms with van der Waals surface area (Å²) >= 11 is 0. The van der Waals surface area contributed by atoms with Gasteiger partial charge < -0.3 is 10.7 Å². The van der Waals surface area contributed by atoms with E-state index in [9.17, 15) is 0 Å². The Morgan fingerprint density at radius 3 is 2.67 bits per heavy atom. The van der Waals surface area contributed by atoms with Crippen LogP contribution >= 0.6 is 0 Å². The van der Waals surface area contributed by atoms with E-state index in [1.807, 2.05) is 19.2 Å². The highest BCUT2D eigenvalue weighted by molar-refractivity contribution is 5.57. The van der Waals surface area contributed by atoms with Gasteiger partial charge in [-0.3, -0.25) is 4.98 Å². The number of nitrogen functional groups attached to an aromatic ring is 1. The van der Waals surface area contributed by atoms with Crippen molar-refractivity contribution in [1.29, 1.82) is 0 Å². The average molecular weight is 284 g/mol. The number of nitrogens with two attached hydrogens (primary N) is 1. The predicted molar refractivity (Wildman–Crippen MR) is 82.9 cm³/mol.